The Labute approximate surface area is 272 Å². The molecule has 2 aromatic rings. The van der Waals surface area contributed by atoms with Crippen LogP contribution in [0.3, 0.4) is 0 Å². The van der Waals surface area contributed by atoms with E-state index in [2.05, 4.69) is 31.7 Å². The number of alkyl halides is 3. The van der Waals surface area contributed by atoms with Crippen LogP contribution in [0.15, 0.2) is 35.3 Å². The van der Waals surface area contributed by atoms with Crippen LogP contribution in [0.1, 0.15) is 68.3 Å². The third-order valence-corrected chi connectivity index (χ3v) is 8.52. The lowest BCUT2D eigenvalue weighted by Gasteiger charge is -2.41. The molecule has 1 atom stereocenters. The molecule has 2 saturated heterocycles. The normalized spacial score (nSPS) is 16.6. The number of carbonyl (C=O) groups is 2. The number of guanidine groups is 1. The molecule has 2 fully saturated rings. The molecule has 47 heavy (non-hydrogen) atoms. The summed E-state index contributed by atoms with van der Waals surface area (Å²) in [5, 5.41) is 14.7. The number of aliphatic imine (C=N–C) groups is 1. The summed E-state index contributed by atoms with van der Waals surface area (Å²) in [6.07, 6.45) is 1.49. The van der Waals surface area contributed by atoms with Crippen molar-refractivity contribution in [3.63, 3.8) is 0 Å². The summed E-state index contributed by atoms with van der Waals surface area (Å²) in [5.74, 6) is -0.769. The van der Waals surface area contributed by atoms with Crippen LogP contribution in [-0.2, 0) is 22.2 Å². The summed E-state index contributed by atoms with van der Waals surface area (Å²) in [6, 6.07) is 10.1. The van der Waals surface area contributed by atoms with E-state index in [1.165, 1.54) is 0 Å². The topological polar surface area (TPSA) is 179 Å². The van der Waals surface area contributed by atoms with Crippen molar-refractivity contribution in [3.8, 4) is 6.07 Å². The molecule has 15 heteroatoms. The van der Waals surface area contributed by atoms with Gasteiger partial charge in [0.25, 0.3) is 0 Å². The lowest BCUT2D eigenvalue weighted by Crippen LogP contribution is -2.57. The van der Waals surface area contributed by atoms with Crippen LogP contribution in [0.4, 0.5) is 24.8 Å². The number of piperidine rings is 1. The van der Waals surface area contributed by atoms with Gasteiger partial charge in [-0.1, -0.05) is 12.1 Å². The van der Waals surface area contributed by atoms with Crippen molar-refractivity contribution in [2.45, 2.75) is 70.0 Å². The fourth-order valence-electron chi connectivity index (χ4n) is 5.75. The minimum Gasteiger partial charge on any atom is -0.370 e. The van der Waals surface area contributed by atoms with Crippen molar-refractivity contribution >= 4 is 29.4 Å². The number of nitrogens with zero attached hydrogens (tertiary/aromatic N) is 6. The molecule has 12 nitrogen and oxygen atoms in total. The summed E-state index contributed by atoms with van der Waals surface area (Å²) in [6.45, 7) is 2.96. The Balaban J connectivity index is 1.25. The van der Waals surface area contributed by atoms with Crippen LogP contribution < -0.4 is 31.9 Å². The van der Waals surface area contributed by atoms with Gasteiger partial charge in [0.1, 0.15) is 17.7 Å². The molecule has 0 radical (unpaired) electrons. The molecule has 254 valence electrons. The van der Waals surface area contributed by atoms with Crippen molar-refractivity contribution in [3.05, 3.63) is 47.3 Å². The van der Waals surface area contributed by atoms with Gasteiger partial charge in [-0.05, 0) is 75.0 Å². The SMILES string of the molecule is N#Cc1ccc(CCNC(=O)[C@@H]2CCN2c2cc(N3CCC(CCCC(=O)NCCCCN=C(N)N)CC3)nc(C(F)(F)F)n2)cc1. The predicted octanol–water partition coefficient (Wildman–Crippen LogP) is 2.86. The number of nitriles is 1. The van der Waals surface area contributed by atoms with Gasteiger partial charge in [-0.25, -0.2) is 9.97 Å². The van der Waals surface area contributed by atoms with E-state index in [1.54, 1.807) is 23.1 Å². The van der Waals surface area contributed by atoms with Crippen LogP contribution in [-0.4, -0.2) is 73.1 Å². The second kappa shape index (κ2) is 16.8. The third-order valence-electron chi connectivity index (χ3n) is 8.52. The number of benzene rings is 1. The minimum absolute atomic E-state index is 0.00163. The molecule has 0 unspecified atom stereocenters. The highest BCUT2D eigenvalue weighted by Crippen LogP contribution is 2.34. The number of amides is 2. The van der Waals surface area contributed by atoms with Gasteiger partial charge in [0, 0.05) is 51.8 Å². The zero-order valence-corrected chi connectivity index (χ0v) is 26.4. The minimum atomic E-state index is -4.74. The number of rotatable bonds is 15. The summed E-state index contributed by atoms with van der Waals surface area (Å²) >= 11 is 0. The van der Waals surface area contributed by atoms with E-state index in [-0.39, 0.29) is 29.4 Å². The Hall–Kier alpha value is -4.61. The molecule has 3 heterocycles. The molecule has 0 saturated carbocycles. The number of nitrogens with one attached hydrogen (secondary N) is 2. The average Bonchev–Trinajstić information content (AvgIpc) is 3.02. The van der Waals surface area contributed by atoms with E-state index < -0.39 is 18.0 Å². The zero-order valence-electron chi connectivity index (χ0n) is 26.4. The van der Waals surface area contributed by atoms with Crippen molar-refractivity contribution in [1.29, 1.82) is 5.26 Å². The summed E-state index contributed by atoms with van der Waals surface area (Å²) < 4.78 is 41.6. The van der Waals surface area contributed by atoms with E-state index >= 15 is 0 Å². The van der Waals surface area contributed by atoms with Gasteiger partial charge in [0.15, 0.2) is 5.96 Å². The van der Waals surface area contributed by atoms with Gasteiger partial charge in [-0.3, -0.25) is 14.6 Å². The maximum absolute atomic E-state index is 13.9. The van der Waals surface area contributed by atoms with Crippen LogP contribution >= 0.6 is 0 Å². The highest BCUT2D eigenvalue weighted by atomic mass is 19.4. The number of nitrogens with two attached hydrogens (primary N) is 2. The largest absolute Gasteiger partial charge is 0.451 e. The summed E-state index contributed by atoms with van der Waals surface area (Å²) in [5.41, 5.74) is 12.1. The molecular weight excluding hydrogens is 613 g/mol. The number of hydrogen-bond acceptors (Lipinski definition) is 8. The lowest BCUT2D eigenvalue weighted by molar-refractivity contribution is -0.144. The van der Waals surface area contributed by atoms with Crippen LogP contribution in [0.5, 0.6) is 0 Å². The number of unbranched alkanes of at least 4 members (excludes halogenated alkanes) is 1. The average molecular weight is 657 g/mol. The van der Waals surface area contributed by atoms with Crippen molar-refractivity contribution in [1.82, 2.24) is 20.6 Å². The van der Waals surface area contributed by atoms with E-state index in [0.717, 1.165) is 44.1 Å². The first-order valence-corrected chi connectivity index (χ1v) is 16.1. The maximum Gasteiger partial charge on any atom is 0.451 e. The number of halogens is 3. The number of aromatic nitrogens is 2. The highest BCUT2D eigenvalue weighted by Gasteiger charge is 2.40. The van der Waals surface area contributed by atoms with Gasteiger partial charge in [-0.2, -0.15) is 18.4 Å². The van der Waals surface area contributed by atoms with E-state index in [1.807, 2.05) is 17.0 Å². The molecule has 0 spiro atoms. The van der Waals surface area contributed by atoms with Crippen molar-refractivity contribution in [2.75, 3.05) is 49.1 Å². The Bertz CT molecular complexity index is 1420. The maximum atomic E-state index is 13.9. The summed E-state index contributed by atoms with van der Waals surface area (Å²) in [4.78, 5) is 40.1. The van der Waals surface area contributed by atoms with Gasteiger partial charge < -0.3 is 31.9 Å². The van der Waals surface area contributed by atoms with Crippen molar-refractivity contribution < 1.29 is 22.8 Å². The van der Waals surface area contributed by atoms with Crippen LogP contribution in [0.2, 0.25) is 0 Å². The summed E-state index contributed by atoms with van der Waals surface area (Å²) in [7, 11) is 0. The zero-order chi connectivity index (χ0) is 33.8. The Kier molecular flexibility index (Phi) is 12.6. The smallest absolute Gasteiger partial charge is 0.370 e. The third kappa shape index (κ3) is 10.7. The molecule has 4 rings (SSSR count). The number of carbonyl (C=O) groups excluding carboxylic acids is 2. The predicted molar refractivity (Wildman–Crippen MR) is 172 cm³/mol. The van der Waals surface area contributed by atoms with Gasteiger partial charge in [0.05, 0.1) is 11.6 Å². The first kappa shape index (κ1) is 35.2. The van der Waals surface area contributed by atoms with E-state index in [9.17, 15) is 22.8 Å². The molecular formula is C32H43F3N10O2. The standard InChI is InChI=1S/C32H43F3N10O2/c33-32(34,35)30-42-26(44-17-11-22(12-18-44)4-3-5-28(46)39-14-1-2-15-41-31(37)38)20-27(43-30)45-19-13-25(45)29(47)40-16-10-23-6-8-24(21-36)9-7-23/h6-9,20,22,25H,1-5,10-19H2,(H,39,46)(H,40,47)(H4,37,38,41)/t25-/m0/s1. The molecule has 0 aliphatic carbocycles. The van der Waals surface area contributed by atoms with Gasteiger partial charge in [0.2, 0.25) is 17.6 Å². The first-order chi connectivity index (χ1) is 22.5. The number of hydrogen-bond donors (Lipinski definition) is 4. The Morgan fingerprint density at radius 2 is 1.70 bits per heavy atom. The van der Waals surface area contributed by atoms with Gasteiger partial charge in [-0.15, -0.1) is 0 Å². The molecule has 2 aliphatic heterocycles. The lowest BCUT2D eigenvalue weighted by atomic mass is 9.91. The first-order valence-electron chi connectivity index (χ1n) is 16.1. The molecule has 1 aromatic heterocycles. The molecule has 1 aromatic carbocycles. The van der Waals surface area contributed by atoms with Crippen LogP contribution in [0, 0.1) is 17.2 Å². The van der Waals surface area contributed by atoms with Gasteiger partial charge >= 0.3 is 6.18 Å². The fraction of sp³-hybridized carbons (Fsp3) is 0.562. The molecule has 2 aliphatic rings. The molecule has 0 bridgehead atoms. The quantitative estimate of drug-likeness (QED) is 0.127. The second-order valence-corrected chi connectivity index (χ2v) is 11.9. The fourth-order valence-corrected chi connectivity index (χ4v) is 5.75. The highest BCUT2D eigenvalue weighted by molar-refractivity contribution is 5.86. The number of anilines is 2. The second-order valence-electron chi connectivity index (χ2n) is 11.9. The Morgan fingerprint density at radius 1 is 0.979 bits per heavy atom. The molecule has 6 N–H and O–H groups in total. The molecule has 2 amide bonds. The van der Waals surface area contributed by atoms with E-state index in [4.69, 9.17) is 16.7 Å². The van der Waals surface area contributed by atoms with Crippen molar-refractivity contribution in [2.24, 2.45) is 22.4 Å². The van der Waals surface area contributed by atoms with E-state index in [0.29, 0.717) is 70.0 Å². The van der Waals surface area contributed by atoms with Crippen LogP contribution in [0.25, 0.3) is 0 Å². The Morgan fingerprint density at radius 3 is 2.34 bits per heavy atom. The monoisotopic (exact) mass is 656 g/mol.